The van der Waals surface area contributed by atoms with Crippen LogP contribution in [0.1, 0.15) is 56.9 Å². The molecule has 0 bridgehead atoms. The van der Waals surface area contributed by atoms with E-state index in [2.05, 4.69) is 68.5 Å². The van der Waals surface area contributed by atoms with Crippen molar-refractivity contribution in [1.82, 2.24) is 15.0 Å². The summed E-state index contributed by atoms with van der Waals surface area (Å²) in [5.41, 5.74) is 6.74. The predicted octanol–water partition coefficient (Wildman–Crippen LogP) is 5.27. The highest BCUT2D eigenvalue weighted by atomic mass is 16.7. The molecule has 7 nitrogen and oxygen atoms in total. The summed E-state index contributed by atoms with van der Waals surface area (Å²) in [5.74, 6) is 0.282. The zero-order chi connectivity index (χ0) is 26.2. The number of carbonyl (C=O) groups excluding carboxylic acids is 1. The molecule has 190 valence electrons. The van der Waals surface area contributed by atoms with E-state index in [-0.39, 0.29) is 18.2 Å². The van der Waals surface area contributed by atoms with Gasteiger partial charge in [0.2, 0.25) is 6.29 Å². The summed E-state index contributed by atoms with van der Waals surface area (Å²) >= 11 is 0. The zero-order valence-electron chi connectivity index (χ0n) is 21.8. The Morgan fingerprint density at radius 2 is 1.36 bits per heavy atom. The molecule has 0 radical (unpaired) electrons. The number of ether oxygens (including phenoxy) is 2. The van der Waals surface area contributed by atoms with Crippen molar-refractivity contribution in [2.45, 2.75) is 66.6 Å². The van der Waals surface area contributed by atoms with Gasteiger partial charge in [0.1, 0.15) is 0 Å². The van der Waals surface area contributed by atoms with Crippen molar-refractivity contribution >= 4 is 5.97 Å². The zero-order valence-corrected chi connectivity index (χ0v) is 21.8. The first-order valence-electron chi connectivity index (χ1n) is 12.5. The van der Waals surface area contributed by atoms with E-state index in [4.69, 9.17) is 14.5 Å². The molecule has 1 N–H and O–H groups in total. The maximum absolute atomic E-state index is 11.7. The first-order valence-corrected chi connectivity index (χ1v) is 12.5. The van der Waals surface area contributed by atoms with E-state index < -0.39 is 12.3 Å². The molecule has 1 unspecified atom stereocenters. The standard InChI is InChI=1S/C29H35N3O4/c1-7-19-11-13-23(21(9-3)15-19)26-30-27(24-14-12-20(8-2)16-22(24)10-4)32-29(31-26)35-17-25(33)36-28(34)18(5)6/h11-16,25,33H,5,7-10,17H2,1-4,6H3. The third-order valence-corrected chi connectivity index (χ3v) is 5.96. The molecular weight excluding hydrogens is 454 g/mol. The van der Waals surface area contributed by atoms with Gasteiger partial charge in [-0.1, -0.05) is 70.7 Å². The van der Waals surface area contributed by atoms with Gasteiger partial charge in [0.05, 0.1) is 0 Å². The summed E-state index contributed by atoms with van der Waals surface area (Å²) in [5, 5.41) is 10.1. The largest absolute Gasteiger partial charge is 0.457 e. The lowest BCUT2D eigenvalue weighted by Gasteiger charge is -2.15. The van der Waals surface area contributed by atoms with E-state index in [0.717, 1.165) is 47.9 Å². The maximum atomic E-state index is 11.7. The molecule has 3 aromatic rings. The number of benzene rings is 2. The highest BCUT2D eigenvalue weighted by Gasteiger charge is 2.18. The van der Waals surface area contributed by atoms with Gasteiger partial charge >= 0.3 is 12.0 Å². The van der Waals surface area contributed by atoms with E-state index in [0.29, 0.717) is 11.6 Å². The second kappa shape index (κ2) is 12.4. The second-order valence-electron chi connectivity index (χ2n) is 8.61. The van der Waals surface area contributed by atoms with Crippen molar-refractivity contribution in [3.63, 3.8) is 0 Å². The van der Waals surface area contributed by atoms with Gasteiger partial charge in [-0.05, 0) is 54.9 Å². The SMILES string of the molecule is C=C(C)C(=O)OC(O)COc1nc(-c2ccc(CC)cc2CC)nc(-c2ccc(CC)cc2CC)n1. The minimum atomic E-state index is -1.48. The molecular formula is C29H35N3O4. The average Bonchev–Trinajstić information content (AvgIpc) is 2.90. The van der Waals surface area contributed by atoms with E-state index >= 15 is 0 Å². The van der Waals surface area contributed by atoms with Gasteiger partial charge in [0, 0.05) is 16.7 Å². The van der Waals surface area contributed by atoms with Crippen LogP contribution in [0.15, 0.2) is 48.6 Å². The first kappa shape index (κ1) is 27.0. The van der Waals surface area contributed by atoms with Gasteiger partial charge in [-0.25, -0.2) is 9.78 Å². The molecule has 0 aliphatic carbocycles. The molecule has 0 fully saturated rings. The Balaban J connectivity index is 2.06. The topological polar surface area (TPSA) is 94.4 Å². The minimum Gasteiger partial charge on any atom is -0.457 e. The lowest BCUT2D eigenvalue weighted by Crippen LogP contribution is -2.25. The molecule has 0 saturated heterocycles. The maximum Gasteiger partial charge on any atom is 0.335 e. The quantitative estimate of drug-likeness (QED) is 0.223. The van der Waals surface area contributed by atoms with Crippen LogP contribution in [-0.4, -0.2) is 38.9 Å². The third-order valence-electron chi connectivity index (χ3n) is 5.96. The fourth-order valence-electron chi connectivity index (χ4n) is 3.82. The van der Waals surface area contributed by atoms with E-state index in [1.807, 2.05) is 12.1 Å². The molecule has 0 aliphatic heterocycles. The van der Waals surface area contributed by atoms with Crippen molar-refractivity contribution in [3.05, 3.63) is 70.8 Å². The molecule has 1 heterocycles. The summed E-state index contributed by atoms with van der Waals surface area (Å²) in [7, 11) is 0. The Bertz CT molecular complexity index is 1170. The molecule has 0 amide bonds. The summed E-state index contributed by atoms with van der Waals surface area (Å²) < 4.78 is 10.6. The van der Waals surface area contributed by atoms with Crippen LogP contribution in [0.5, 0.6) is 6.01 Å². The molecule has 7 heteroatoms. The van der Waals surface area contributed by atoms with Crippen LogP contribution in [0.25, 0.3) is 22.8 Å². The molecule has 1 aromatic heterocycles. The van der Waals surface area contributed by atoms with Crippen LogP contribution < -0.4 is 4.74 Å². The summed E-state index contributed by atoms with van der Waals surface area (Å²) in [6.45, 7) is 13.1. The molecule has 0 saturated carbocycles. The fourth-order valence-corrected chi connectivity index (χ4v) is 3.82. The van der Waals surface area contributed by atoms with Crippen molar-refractivity contribution in [1.29, 1.82) is 0 Å². The molecule has 0 spiro atoms. The van der Waals surface area contributed by atoms with Gasteiger partial charge in [-0.15, -0.1) is 0 Å². The van der Waals surface area contributed by atoms with Gasteiger partial charge in [0.25, 0.3) is 0 Å². The summed E-state index contributed by atoms with van der Waals surface area (Å²) in [6.07, 6.45) is 2.04. The summed E-state index contributed by atoms with van der Waals surface area (Å²) in [6, 6.07) is 12.6. The van der Waals surface area contributed by atoms with Crippen LogP contribution in [-0.2, 0) is 35.2 Å². The molecule has 3 rings (SSSR count). The molecule has 0 aliphatic rings. The van der Waals surface area contributed by atoms with Gasteiger partial charge in [-0.2, -0.15) is 9.97 Å². The molecule has 2 aromatic carbocycles. The lowest BCUT2D eigenvalue weighted by atomic mass is 9.99. The fraction of sp³-hybridized carbons (Fsp3) is 0.379. The Morgan fingerprint density at radius 3 is 1.78 bits per heavy atom. The highest BCUT2D eigenvalue weighted by molar-refractivity contribution is 5.87. The number of esters is 1. The van der Waals surface area contributed by atoms with Crippen molar-refractivity contribution in [2.75, 3.05) is 6.61 Å². The van der Waals surface area contributed by atoms with E-state index in [1.165, 1.54) is 18.1 Å². The van der Waals surface area contributed by atoms with Crippen LogP contribution in [0.3, 0.4) is 0 Å². The number of hydrogen-bond acceptors (Lipinski definition) is 7. The first-order chi connectivity index (χ1) is 17.3. The number of aryl methyl sites for hydroxylation is 4. The number of aliphatic hydroxyl groups excluding tert-OH is 1. The van der Waals surface area contributed by atoms with Gasteiger partial charge in [-0.3, -0.25) is 0 Å². The molecule has 1 atom stereocenters. The van der Waals surface area contributed by atoms with Gasteiger partial charge < -0.3 is 14.6 Å². The van der Waals surface area contributed by atoms with Crippen molar-refractivity contribution in [3.8, 4) is 28.8 Å². The second-order valence-corrected chi connectivity index (χ2v) is 8.61. The van der Waals surface area contributed by atoms with Crippen molar-refractivity contribution in [2.24, 2.45) is 0 Å². The number of nitrogens with zero attached hydrogens (tertiary/aromatic N) is 3. The third kappa shape index (κ3) is 6.55. The average molecular weight is 490 g/mol. The Kier molecular flexibility index (Phi) is 9.31. The number of hydrogen-bond donors (Lipinski definition) is 1. The Morgan fingerprint density at radius 1 is 0.861 bits per heavy atom. The number of aromatic nitrogens is 3. The van der Waals surface area contributed by atoms with Crippen LogP contribution in [0.2, 0.25) is 0 Å². The Hall–Kier alpha value is -3.58. The lowest BCUT2D eigenvalue weighted by molar-refractivity contribution is -0.167. The smallest absolute Gasteiger partial charge is 0.335 e. The number of aliphatic hydroxyl groups is 1. The van der Waals surface area contributed by atoms with Crippen LogP contribution in [0.4, 0.5) is 0 Å². The van der Waals surface area contributed by atoms with Crippen LogP contribution >= 0.6 is 0 Å². The predicted molar refractivity (Wildman–Crippen MR) is 141 cm³/mol. The van der Waals surface area contributed by atoms with Crippen molar-refractivity contribution < 1.29 is 19.4 Å². The molecule has 36 heavy (non-hydrogen) atoms. The monoisotopic (exact) mass is 489 g/mol. The Labute approximate surface area is 213 Å². The van der Waals surface area contributed by atoms with Crippen LogP contribution in [0, 0.1) is 0 Å². The normalized spacial score (nSPS) is 11.7. The van der Waals surface area contributed by atoms with E-state index in [9.17, 15) is 9.90 Å². The number of carbonyl (C=O) groups is 1. The number of rotatable bonds is 11. The van der Waals surface area contributed by atoms with Gasteiger partial charge in [0.15, 0.2) is 18.3 Å². The summed E-state index contributed by atoms with van der Waals surface area (Å²) in [4.78, 5) is 25.7. The minimum absolute atomic E-state index is 0.0451. The van der Waals surface area contributed by atoms with E-state index in [1.54, 1.807) is 0 Å². The highest BCUT2D eigenvalue weighted by Crippen LogP contribution is 2.29.